The Labute approximate surface area is 116 Å². The number of nitrogens with one attached hydrogen (secondary N) is 1. The van der Waals surface area contributed by atoms with Crippen LogP contribution in [0.1, 0.15) is 35.7 Å². The van der Waals surface area contributed by atoms with Crippen LogP contribution in [0.5, 0.6) is 0 Å². The average Bonchev–Trinajstić information content (AvgIpc) is 3.32. The first-order valence-electron chi connectivity index (χ1n) is 6.35. The van der Waals surface area contributed by atoms with Crippen LogP contribution in [-0.2, 0) is 0 Å². The first-order chi connectivity index (χ1) is 9.81. The molecule has 3 rings (SSSR count). The van der Waals surface area contributed by atoms with Gasteiger partial charge in [-0.15, -0.1) is 0 Å². The van der Waals surface area contributed by atoms with Gasteiger partial charge in [0.1, 0.15) is 18.0 Å². The number of hydrogen-bond acceptors (Lipinski definition) is 5. The van der Waals surface area contributed by atoms with Crippen molar-refractivity contribution in [2.75, 3.05) is 5.32 Å². The van der Waals surface area contributed by atoms with Crippen LogP contribution in [0.25, 0.3) is 0 Å². The van der Waals surface area contributed by atoms with Crippen LogP contribution < -0.4 is 5.32 Å². The van der Waals surface area contributed by atoms with E-state index in [2.05, 4.69) is 21.4 Å². The number of hydrogen-bond donors (Lipinski definition) is 1. The molecule has 0 aliphatic heterocycles. The summed E-state index contributed by atoms with van der Waals surface area (Å²) in [6.45, 7) is 0. The zero-order valence-electron chi connectivity index (χ0n) is 10.7. The summed E-state index contributed by atoms with van der Waals surface area (Å²) in [4.78, 5) is 8.49. The molecule has 2 aromatic rings. The van der Waals surface area contributed by atoms with Crippen molar-refractivity contribution in [1.82, 2.24) is 9.97 Å². The molecule has 0 atom stereocenters. The molecule has 0 aromatic carbocycles. The molecule has 0 bridgehead atoms. The highest BCUT2D eigenvalue weighted by Gasteiger charge is 2.25. The third kappa shape index (κ3) is 2.30. The Morgan fingerprint density at radius 1 is 1.15 bits per heavy atom. The summed E-state index contributed by atoms with van der Waals surface area (Å²) < 4.78 is 0. The quantitative estimate of drug-likeness (QED) is 0.918. The monoisotopic (exact) mass is 261 g/mol. The standard InChI is InChI=1S/C15H11N5/c16-8-11-5-6-12(10-3-4-10)19-15(11)20-13-2-1-7-18-14(13)9-17/h1-2,5-7,10H,3-4H2,(H,19,20). The van der Waals surface area contributed by atoms with Crippen molar-refractivity contribution in [3.8, 4) is 12.1 Å². The average molecular weight is 261 g/mol. The number of nitriles is 2. The van der Waals surface area contributed by atoms with Gasteiger partial charge in [-0.05, 0) is 37.1 Å². The van der Waals surface area contributed by atoms with Crippen LogP contribution in [-0.4, -0.2) is 9.97 Å². The van der Waals surface area contributed by atoms with Crippen LogP contribution in [0.3, 0.4) is 0 Å². The predicted molar refractivity (Wildman–Crippen MR) is 73.2 cm³/mol. The van der Waals surface area contributed by atoms with Gasteiger partial charge in [-0.2, -0.15) is 10.5 Å². The van der Waals surface area contributed by atoms with E-state index in [1.165, 1.54) is 0 Å². The van der Waals surface area contributed by atoms with Crippen LogP contribution in [0.4, 0.5) is 11.5 Å². The van der Waals surface area contributed by atoms with Crippen molar-refractivity contribution in [2.24, 2.45) is 0 Å². The molecule has 96 valence electrons. The van der Waals surface area contributed by atoms with Gasteiger partial charge in [0.15, 0.2) is 5.69 Å². The highest BCUT2D eigenvalue weighted by Crippen LogP contribution is 2.39. The number of anilines is 2. The molecule has 1 aliphatic carbocycles. The minimum absolute atomic E-state index is 0.287. The highest BCUT2D eigenvalue weighted by molar-refractivity contribution is 5.66. The van der Waals surface area contributed by atoms with Gasteiger partial charge < -0.3 is 5.32 Å². The van der Waals surface area contributed by atoms with Crippen LogP contribution in [0.2, 0.25) is 0 Å². The maximum Gasteiger partial charge on any atom is 0.163 e. The van der Waals surface area contributed by atoms with Gasteiger partial charge in [-0.1, -0.05) is 0 Å². The maximum atomic E-state index is 9.16. The van der Waals surface area contributed by atoms with E-state index in [1.807, 2.05) is 12.1 Å². The number of rotatable bonds is 3. The van der Waals surface area contributed by atoms with E-state index >= 15 is 0 Å². The minimum Gasteiger partial charge on any atom is -0.337 e. The number of aromatic nitrogens is 2. The normalized spacial score (nSPS) is 13.3. The first-order valence-corrected chi connectivity index (χ1v) is 6.35. The van der Waals surface area contributed by atoms with E-state index in [1.54, 1.807) is 24.4 Å². The van der Waals surface area contributed by atoms with Crippen LogP contribution >= 0.6 is 0 Å². The van der Waals surface area contributed by atoms with Crippen molar-refractivity contribution >= 4 is 11.5 Å². The SMILES string of the molecule is N#Cc1ccc(C2CC2)nc1Nc1cccnc1C#N. The molecule has 0 radical (unpaired) electrons. The van der Waals surface area contributed by atoms with Gasteiger partial charge in [0, 0.05) is 17.8 Å². The minimum atomic E-state index is 0.287. The van der Waals surface area contributed by atoms with Crippen molar-refractivity contribution in [3.63, 3.8) is 0 Å². The Morgan fingerprint density at radius 2 is 2.00 bits per heavy atom. The Kier molecular flexibility index (Phi) is 3.02. The van der Waals surface area contributed by atoms with E-state index < -0.39 is 0 Å². The molecule has 1 saturated carbocycles. The number of nitrogens with zero attached hydrogens (tertiary/aromatic N) is 4. The molecule has 20 heavy (non-hydrogen) atoms. The van der Waals surface area contributed by atoms with E-state index in [-0.39, 0.29) is 5.69 Å². The van der Waals surface area contributed by atoms with Gasteiger partial charge in [0.2, 0.25) is 0 Å². The molecule has 1 aliphatic rings. The second-order valence-corrected chi connectivity index (χ2v) is 4.65. The third-order valence-electron chi connectivity index (χ3n) is 3.20. The Bertz CT molecular complexity index is 735. The molecule has 0 saturated heterocycles. The molecular weight excluding hydrogens is 250 g/mol. The van der Waals surface area contributed by atoms with Crippen molar-refractivity contribution in [2.45, 2.75) is 18.8 Å². The van der Waals surface area contributed by atoms with E-state index in [0.29, 0.717) is 23.0 Å². The highest BCUT2D eigenvalue weighted by atomic mass is 15.0. The third-order valence-corrected chi connectivity index (χ3v) is 3.20. The zero-order chi connectivity index (χ0) is 13.9. The van der Waals surface area contributed by atoms with Gasteiger partial charge in [-0.3, -0.25) is 0 Å². The summed E-state index contributed by atoms with van der Waals surface area (Å²) in [5.41, 5.74) is 2.30. The second kappa shape index (κ2) is 4.99. The van der Waals surface area contributed by atoms with Gasteiger partial charge in [0.25, 0.3) is 0 Å². The zero-order valence-corrected chi connectivity index (χ0v) is 10.7. The fourth-order valence-electron chi connectivity index (χ4n) is 1.99. The molecule has 2 heterocycles. The Hall–Kier alpha value is -2.92. The van der Waals surface area contributed by atoms with Crippen molar-refractivity contribution in [1.29, 1.82) is 10.5 Å². The van der Waals surface area contributed by atoms with E-state index in [0.717, 1.165) is 18.5 Å². The summed E-state index contributed by atoms with van der Waals surface area (Å²) in [7, 11) is 0. The fraction of sp³-hybridized carbons (Fsp3) is 0.200. The lowest BCUT2D eigenvalue weighted by atomic mass is 10.2. The van der Waals surface area contributed by atoms with Crippen molar-refractivity contribution in [3.05, 3.63) is 47.4 Å². The molecule has 1 fully saturated rings. The maximum absolute atomic E-state index is 9.16. The lowest BCUT2D eigenvalue weighted by Crippen LogP contribution is -2.02. The predicted octanol–water partition coefficient (Wildman–Crippen LogP) is 2.84. The Balaban J connectivity index is 1.99. The molecule has 1 N–H and O–H groups in total. The molecular formula is C15H11N5. The lowest BCUT2D eigenvalue weighted by molar-refractivity contribution is 1.02. The summed E-state index contributed by atoms with van der Waals surface area (Å²) in [6.07, 6.45) is 3.85. The molecule has 0 unspecified atom stereocenters. The van der Waals surface area contributed by atoms with E-state index in [4.69, 9.17) is 10.5 Å². The van der Waals surface area contributed by atoms with E-state index in [9.17, 15) is 0 Å². The smallest absolute Gasteiger partial charge is 0.163 e. The van der Waals surface area contributed by atoms with Crippen molar-refractivity contribution < 1.29 is 0 Å². The number of pyridine rings is 2. The van der Waals surface area contributed by atoms with Crippen LogP contribution in [0.15, 0.2) is 30.5 Å². The van der Waals surface area contributed by atoms with Gasteiger partial charge in [0.05, 0.1) is 11.3 Å². The largest absolute Gasteiger partial charge is 0.337 e. The molecule has 5 nitrogen and oxygen atoms in total. The fourth-order valence-corrected chi connectivity index (χ4v) is 1.99. The summed E-state index contributed by atoms with van der Waals surface area (Å²) in [6, 6.07) is 11.3. The summed E-state index contributed by atoms with van der Waals surface area (Å²) >= 11 is 0. The lowest BCUT2D eigenvalue weighted by Gasteiger charge is -2.09. The van der Waals surface area contributed by atoms with Crippen LogP contribution in [0, 0.1) is 22.7 Å². The second-order valence-electron chi connectivity index (χ2n) is 4.65. The van der Waals surface area contributed by atoms with Gasteiger partial charge in [-0.25, -0.2) is 9.97 Å². The molecule has 0 amide bonds. The topological polar surface area (TPSA) is 85.4 Å². The molecule has 0 spiro atoms. The van der Waals surface area contributed by atoms with Gasteiger partial charge >= 0.3 is 0 Å². The Morgan fingerprint density at radius 3 is 2.70 bits per heavy atom. The first kappa shape index (κ1) is 12.1. The molecule has 5 heteroatoms. The summed E-state index contributed by atoms with van der Waals surface area (Å²) in [5, 5.41) is 21.2. The molecule has 2 aromatic heterocycles. The summed E-state index contributed by atoms with van der Waals surface area (Å²) in [5.74, 6) is 0.994.